The van der Waals surface area contributed by atoms with Crippen molar-refractivity contribution in [3.63, 3.8) is 0 Å². The van der Waals surface area contributed by atoms with E-state index in [0.29, 0.717) is 29.8 Å². The number of aromatic nitrogens is 3. The molecule has 1 aromatic heterocycles. The summed E-state index contributed by atoms with van der Waals surface area (Å²) in [5.41, 5.74) is 2.42. The maximum atomic E-state index is 12.4. The minimum absolute atomic E-state index is 0.0253. The van der Waals surface area contributed by atoms with Gasteiger partial charge in [-0.25, -0.2) is 0 Å². The second kappa shape index (κ2) is 13.3. The third-order valence-electron chi connectivity index (χ3n) is 5.58. The summed E-state index contributed by atoms with van der Waals surface area (Å²) in [4.78, 5) is 12.4. The van der Waals surface area contributed by atoms with Gasteiger partial charge in [-0.2, -0.15) is 0 Å². The van der Waals surface area contributed by atoms with Crippen molar-refractivity contribution in [2.24, 2.45) is 0 Å². The molecule has 0 radical (unpaired) electrons. The first-order valence-electron chi connectivity index (χ1n) is 11.9. The molecule has 0 unspecified atom stereocenters. The quantitative estimate of drug-likeness (QED) is 0.270. The van der Waals surface area contributed by atoms with Crippen LogP contribution in [-0.2, 0) is 30.8 Å². The lowest BCUT2D eigenvalue weighted by Gasteiger charge is -2.12. The van der Waals surface area contributed by atoms with Crippen LogP contribution < -0.4 is 14.8 Å². The highest BCUT2D eigenvalue weighted by atomic mass is 32.2. The van der Waals surface area contributed by atoms with E-state index in [0.717, 1.165) is 18.6 Å². The first-order chi connectivity index (χ1) is 17.7. The SMILES string of the molecule is COc1cccc(OCc2nnc(SCC(=O)NCCc3ccccc3)n2CCc2ccccc2)c1. The molecule has 1 N–H and O–H groups in total. The van der Waals surface area contributed by atoms with Crippen LogP contribution >= 0.6 is 11.8 Å². The fraction of sp³-hybridized carbons (Fsp3) is 0.250. The van der Waals surface area contributed by atoms with Gasteiger partial charge in [-0.1, -0.05) is 78.5 Å². The second-order valence-corrected chi connectivity index (χ2v) is 9.07. The molecule has 4 rings (SSSR count). The van der Waals surface area contributed by atoms with Crippen LogP contribution in [0.5, 0.6) is 11.5 Å². The lowest BCUT2D eigenvalue weighted by molar-refractivity contribution is -0.118. The molecule has 0 aliphatic rings. The summed E-state index contributed by atoms with van der Waals surface area (Å²) in [5.74, 6) is 2.38. The molecular weight excluding hydrogens is 472 g/mol. The maximum absolute atomic E-state index is 12.4. The number of hydrogen-bond acceptors (Lipinski definition) is 6. The van der Waals surface area contributed by atoms with Crippen LogP contribution in [-0.4, -0.2) is 40.1 Å². The lowest BCUT2D eigenvalue weighted by atomic mass is 10.1. The Labute approximate surface area is 215 Å². The van der Waals surface area contributed by atoms with Gasteiger partial charge < -0.3 is 19.4 Å². The van der Waals surface area contributed by atoms with Crippen LogP contribution in [0, 0.1) is 0 Å². The predicted molar refractivity (Wildman–Crippen MR) is 141 cm³/mol. The number of hydrogen-bond donors (Lipinski definition) is 1. The molecule has 0 atom stereocenters. The Morgan fingerprint density at radius 1 is 0.889 bits per heavy atom. The van der Waals surface area contributed by atoms with Crippen molar-refractivity contribution in [1.29, 1.82) is 0 Å². The van der Waals surface area contributed by atoms with Gasteiger partial charge in [-0.05, 0) is 36.1 Å². The summed E-state index contributed by atoms with van der Waals surface area (Å²) in [6.45, 7) is 1.55. The Morgan fingerprint density at radius 3 is 2.31 bits per heavy atom. The van der Waals surface area contributed by atoms with Gasteiger partial charge in [0, 0.05) is 19.2 Å². The number of benzene rings is 3. The number of thioether (sulfide) groups is 1. The second-order valence-electron chi connectivity index (χ2n) is 8.13. The minimum Gasteiger partial charge on any atom is -0.497 e. The molecule has 0 saturated heterocycles. The van der Waals surface area contributed by atoms with Crippen molar-refractivity contribution in [1.82, 2.24) is 20.1 Å². The fourth-order valence-corrected chi connectivity index (χ4v) is 4.47. The van der Waals surface area contributed by atoms with Crippen molar-refractivity contribution in [2.75, 3.05) is 19.4 Å². The van der Waals surface area contributed by atoms with E-state index in [1.165, 1.54) is 22.9 Å². The topological polar surface area (TPSA) is 78.3 Å². The highest BCUT2D eigenvalue weighted by Crippen LogP contribution is 2.22. The summed E-state index contributed by atoms with van der Waals surface area (Å²) in [7, 11) is 1.63. The molecule has 1 amide bonds. The molecule has 0 saturated carbocycles. The highest BCUT2D eigenvalue weighted by Gasteiger charge is 2.15. The van der Waals surface area contributed by atoms with Gasteiger partial charge in [-0.15, -0.1) is 10.2 Å². The lowest BCUT2D eigenvalue weighted by Crippen LogP contribution is -2.27. The van der Waals surface area contributed by atoms with Crippen LogP contribution in [0.4, 0.5) is 0 Å². The number of nitrogens with one attached hydrogen (secondary N) is 1. The number of carbonyl (C=O) groups excluding carboxylic acids is 1. The number of carbonyl (C=O) groups is 1. The smallest absolute Gasteiger partial charge is 0.230 e. The van der Waals surface area contributed by atoms with Gasteiger partial charge in [0.15, 0.2) is 11.0 Å². The average Bonchev–Trinajstić information content (AvgIpc) is 3.32. The number of aryl methyl sites for hydroxylation is 1. The summed E-state index contributed by atoms with van der Waals surface area (Å²) in [5, 5.41) is 12.4. The van der Waals surface area contributed by atoms with E-state index < -0.39 is 0 Å². The van der Waals surface area contributed by atoms with E-state index in [4.69, 9.17) is 9.47 Å². The van der Waals surface area contributed by atoms with E-state index in [-0.39, 0.29) is 18.3 Å². The van der Waals surface area contributed by atoms with Crippen molar-refractivity contribution < 1.29 is 14.3 Å². The molecule has 0 spiro atoms. The molecule has 4 aromatic rings. The van der Waals surface area contributed by atoms with Gasteiger partial charge in [-0.3, -0.25) is 4.79 Å². The zero-order chi connectivity index (χ0) is 25.0. The van der Waals surface area contributed by atoms with Gasteiger partial charge >= 0.3 is 0 Å². The number of rotatable bonds is 13. The third-order valence-corrected chi connectivity index (χ3v) is 6.55. The number of nitrogens with zero attached hydrogens (tertiary/aromatic N) is 3. The molecule has 186 valence electrons. The van der Waals surface area contributed by atoms with Gasteiger partial charge in [0.2, 0.25) is 5.91 Å². The maximum Gasteiger partial charge on any atom is 0.230 e. The summed E-state index contributed by atoms with van der Waals surface area (Å²) in [6.07, 6.45) is 1.62. The van der Waals surface area contributed by atoms with Gasteiger partial charge in [0.05, 0.1) is 12.9 Å². The Bertz CT molecular complexity index is 1230. The fourth-order valence-electron chi connectivity index (χ4n) is 3.65. The van der Waals surface area contributed by atoms with Crippen molar-refractivity contribution >= 4 is 17.7 Å². The Kier molecular flexibility index (Phi) is 9.39. The molecule has 8 heteroatoms. The molecule has 3 aromatic carbocycles. The van der Waals surface area contributed by atoms with Crippen LogP contribution in [0.25, 0.3) is 0 Å². The largest absolute Gasteiger partial charge is 0.497 e. The number of ether oxygens (including phenoxy) is 2. The highest BCUT2D eigenvalue weighted by molar-refractivity contribution is 7.99. The zero-order valence-electron chi connectivity index (χ0n) is 20.3. The average molecular weight is 503 g/mol. The zero-order valence-corrected chi connectivity index (χ0v) is 21.1. The summed E-state index contributed by atoms with van der Waals surface area (Å²) in [6, 6.07) is 27.9. The monoisotopic (exact) mass is 502 g/mol. The normalized spacial score (nSPS) is 10.7. The molecule has 0 bridgehead atoms. The summed E-state index contributed by atoms with van der Waals surface area (Å²) >= 11 is 1.39. The van der Waals surface area contributed by atoms with Crippen LogP contribution in [0.2, 0.25) is 0 Å². The first kappa shape index (κ1) is 25.3. The third kappa shape index (κ3) is 7.61. The summed E-state index contributed by atoms with van der Waals surface area (Å²) < 4.78 is 13.3. The van der Waals surface area contributed by atoms with E-state index in [1.54, 1.807) is 7.11 Å². The standard InChI is InChI=1S/C28H30N4O3S/c1-34-24-13-8-14-25(19-24)35-20-26-30-31-28(32(26)18-16-23-11-6-3-7-12-23)36-21-27(33)29-17-15-22-9-4-2-5-10-22/h2-14,19H,15-18,20-21H2,1H3,(H,29,33). The van der Waals surface area contributed by atoms with Crippen molar-refractivity contribution in [3.8, 4) is 11.5 Å². The van der Waals surface area contributed by atoms with Crippen LogP contribution in [0.3, 0.4) is 0 Å². The molecule has 0 aliphatic carbocycles. The Hall–Kier alpha value is -3.78. The predicted octanol–water partition coefficient (Wildman–Crippen LogP) is 4.56. The molecule has 0 fully saturated rings. The Morgan fingerprint density at radius 2 is 1.58 bits per heavy atom. The molecule has 0 aliphatic heterocycles. The molecule has 36 heavy (non-hydrogen) atoms. The van der Waals surface area contributed by atoms with Gasteiger partial charge in [0.25, 0.3) is 0 Å². The minimum atomic E-state index is -0.0253. The first-order valence-corrected chi connectivity index (χ1v) is 12.9. The van der Waals surface area contributed by atoms with E-state index >= 15 is 0 Å². The number of methoxy groups -OCH3 is 1. The van der Waals surface area contributed by atoms with E-state index in [9.17, 15) is 4.79 Å². The molecule has 7 nitrogen and oxygen atoms in total. The molecule has 1 heterocycles. The van der Waals surface area contributed by atoms with Gasteiger partial charge in [0.1, 0.15) is 18.1 Å². The van der Waals surface area contributed by atoms with Crippen LogP contribution in [0.15, 0.2) is 90.1 Å². The van der Waals surface area contributed by atoms with Crippen molar-refractivity contribution in [2.45, 2.75) is 31.1 Å². The van der Waals surface area contributed by atoms with Crippen LogP contribution in [0.1, 0.15) is 17.0 Å². The number of amides is 1. The van der Waals surface area contributed by atoms with E-state index in [1.807, 2.05) is 65.2 Å². The molecular formula is C28H30N4O3S. The van der Waals surface area contributed by atoms with Crippen molar-refractivity contribution in [3.05, 3.63) is 102 Å². The van der Waals surface area contributed by atoms with E-state index in [2.05, 4.69) is 39.8 Å². The Balaban J connectivity index is 1.37.